The lowest BCUT2D eigenvalue weighted by Crippen LogP contribution is -1.95. The first-order valence-corrected chi connectivity index (χ1v) is 3.42. The molecular formula is C10H11N. The Morgan fingerprint density at radius 2 is 2.00 bits per heavy atom. The van der Waals surface area contributed by atoms with Crippen molar-refractivity contribution in [2.75, 3.05) is 0 Å². The summed E-state index contributed by atoms with van der Waals surface area (Å²) in [4.78, 5) is 0. The van der Waals surface area contributed by atoms with Gasteiger partial charge in [-0.05, 0) is 5.56 Å². The summed E-state index contributed by atoms with van der Waals surface area (Å²) in [6.45, 7) is 7.34. The zero-order valence-corrected chi connectivity index (χ0v) is 6.38. The fraction of sp³-hybridized carbons (Fsp3) is 0. The second kappa shape index (κ2) is 3.06. The van der Waals surface area contributed by atoms with E-state index in [0.29, 0.717) is 5.70 Å². The van der Waals surface area contributed by atoms with Crippen LogP contribution in [0.25, 0.3) is 11.8 Å². The van der Waals surface area contributed by atoms with E-state index in [9.17, 15) is 0 Å². The smallest absolute Gasteiger partial charge is 0.0320 e. The summed E-state index contributed by atoms with van der Waals surface area (Å²) >= 11 is 0. The van der Waals surface area contributed by atoms with Crippen molar-refractivity contribution >= 4 is 11.8 Å². The van der Waals surface area contributed by atoms with Gasteiger partial charge in [0.25, 0.3) is 0 Å². The van der Waals surface area contributed by atoms with Gasteiger partial charge in [0.1, 0.15) is 0 Å². The van der Waals surface area contributed by atoms with E-state index < -0.39 is 0 Å². The molecule has 0 atom stereocenters. The highest BCUT2D eigenvalue weighted by molar-refractivity contribution is 5.70. The molecule has 0 amide bonds. The molecule has 0 radical (unpaired) electrons. The Hall–Kier alpha value is -1.50. The fourth-order valence-electron chi connectivity index (χ4n) is 0.967. The van der Waals surface area contributed by atoms with Gasteiger partial charge in [-0.15, -0.1) is 0 Å². The van der Waals surface area contributed by atoms with Gasteiger partial charge >= 0.3 is 0 Å². The molecule has 1 aromatic carbocycles. The van der Waals surface area contributed by atoms with E-state index in [-0.39, 0.29) is 0 Å². The summed E-state index contributed by atoms with van der Waals surface area (Å²) in [6, 6.07) is 7.77. The van der Waals surface area contributed by atoms with Crippen molar-refractivity contribution < 1.29 is 0 Å². The predicted molar refractivity (Wildman–Crippen MR) is 49.8 cm³/mol. The number of hydrogen-bond donors (Lipinski definition) is 1. The number of rotatable bonds is 2. The van der Waals surface area contributed by atoms with Crippen molar-refractivity contribution in [3.05, 3.63) is 48.6 Å². The Labute approximate surface area is 66.9 Å². The molecule has 0 aliphatic carbocycles. The number of benzene rings is 1. The summed E-state index contributed by atoms with van der Waals surface area (Å²) in [7, 11) is 0. The van der Waals surface area contributed by atoms with Crippen LogP contribution in [0, 0.1) is 0 Å². The second-order valence-corrected chi connectivity index (χ2v) is 2.32. The van der Waals surface area contributed by atoms with Crippen LogP contribution >= 0.6 is 0 Å². The van der Waals surface area contributed by atoms with E-state index in [4.69, 9.17) is 5.73 Å². The van der Waals surface area contributed by atoms with Crippen molar-refractivity contribution in [2.24, 2.45) is 5.73 Å². The third-order valence-electron chi connectivity index (χ3n) is 1.53. The molecule has 1 heteroatoms. The van der Waals surface area contributed by atoms with Gasteiger partial charge < -0.3 is 5.73 Å². The Balaban J connectivity index is 3.22. The van der Waals surface area contributed by atoms with Crippen LogP contribution in [-0.4, -0.2) is 0 Å². The van der Waals surface area contributed by atoms with E-state index in [1.54, 1.807) is 6.08 Å². The summed E-state index contributed by atoms with van der Waals surface area (Å²) in [5, 5.41) is 0. The topological polar surface area (TPSA) is 26.0 Å². The Morgan fingerprint density at radius 3 is 2.45 bits per heavy atom. The van der Waals surface area contributed by atoms with E-state index in [1.165, 1.54) is 0 Å². The Bertz CT molecular complexity index is 287. The van der Waals surface area contributed by atoms with Crippen LogP contribution in [0.5, 0.6) is 0 Å². The number of hydrogen-bond acceptors (Lipinski definition) is 1. The van der Waals surface area contributed by atoms with Gasteiger partial charge in [0, 0.05) is 11.3 Å². The molecular weight excluding hydrogens is 134 g/mol. The molecule has 0 saturated heterocycles. The molecule has 1 aromatic rings. The first-order chi connectivity index (χ1) is 5.25. The predicted octanol–water partition coefficient (Wildman–Crippen LogP) is 2.26. The van der Waals surface area contributed by atoms with E-state index in [2.05, 4.69) is 13.2 Å². The molecule has 0 aliphatic rings. The second-order valence-electron chi connectivity index (χ2n) is 2.32. The maximum absolute atomic E-state index is 5.55. The van der Waals surface area contributed by atoms with Gasteiger partial charge in [0.2, 0.25) is 0 Å². The van der Waals surface area contributed by atoms with Gasteiger partial charge in [0.05, 0.1) is 0 Å². The molecule has 0 spiro atoms. The average molecular weight is 145 g/mol. The maximum Gasteiger partial charge on any atom is 0.0320 e. The molecule has 1 nitrogen and oxygen atoms in total. The summed E-state index contributed by atoms with van der Waals surface area (Å²) in [5.74, 6) is 0. The van der Waals surface area contributed by atoms with Crippen LogP contribution in [-0.2, 0) is 0 Å². The van der Waals surface area contributed by atoms with Gasteiger partial charge in [-0.1, -0.05) is 43.5 Å². The molecule has 0 fully saturated rings. The summed E-state index contributed by atoms with van der Waals surface area (Å²) in [6.07, 6.45) is 1.77. The molecule has 2 N–H and O–H groups in total. The SMILES string of the molecule is C=Cc1ccccc1C(=C)N. The first-order valence-electron chi connectivity index (χ1n) is 3.42. The minimum Gasteiger partial charge on any atom is -0.399 e. The van der Waals surface area contributed by atoms with Crippen molar-refractivity contribution in [3.8, 4) is 0 Å². The molecule has 0 aromatic heterocycles. The lowest BCUT2D eigenvalue weighted by Gasteiger charge is -2.02. The Kier molecular flexibility index (Phi) is 2.12. The molecule has 0 aliphatic heterocycles. The average Bonchev–Trinajstić information content (AvgIpc) is 2.04. The lowest BCUT2D eigenvalue weighted by atomic mass is 10.1. The minimum atomic E-state index is 0.584. The highest BCUT2D eigenvalue weighted by Gasteiger charge is 1.96. The number of nitrogens with two attached hydrogens (primary N) is 1. The van der Waals surface area contributed by atoms with Crippen molar-refractivity contribution in [1.29, 1.82) is 0 Å². The molecule has 11 heavy (non-hydrogen) atoms. The van der Waals surface area contributed by atoms with Crippen LogP contribution in [0.3, 0.4) is 0 Å². The maximum atomic E-state index is 5.55. The van der Waals surface area contributed by atoms with Gasteiger partial charge in [0.15, 0.2) is 0 Å². The quantitative estimate of drug-likeness (QED) is 0.678. The zero-order valence-electron chi connectivity index (χ0n) is 6.38. The molecule has 1 rings (SSSR count). The third kappa shape index (κ3) is 1.49. The van der Waals surface area contributed by atoms with E-state index in [0.717, 1.165) is 11.1 Å². The van der Waals surface area contributed by atoms with Crippen LogP contribution in [0.15, 0.2) is 37.4 Å². The minimum absolute atomic E-state index is 0.584. The van der Waals surface area contributed by atoms with Crippen molar-refractivity contribution in [2.45, 2.75) is 0 Å². The van der Waals surface area contributed by atoms with Crippen molar-refractivity contribution in [1.82, 2.24) is 0 Å². The molecule has 0 bridgehead atoms. The van der Waals surface area contributed by atoms with Crippen LogP contribution < -0.4 is 5.73 Å². The van der Waals surface area contributed by atoms with E-state index >= 15 is 0 Å². The van der Waals surface area contributed by atoms with Crippen molar-refractivity contribution in [3.63, 3.8) is 0 Å². The van der Waals surface area contributed by atoms with Gasteiger partial charge in [-0.25, -0.2) is 0 Å². The van der Waals surface area contributed by atoms with Gasteiger partial charge in [-0.3, -0.25) is 0 Å². The lowest BCUT2D eigenvalue weighted by molar-refractivity contribution is 1.51. The Morgan fingerprint density at radius 1 is 1.36 bits per heavy atom. The summed E-state index contributed by atoms with van der Waals surface area (Å²) < 4.78 is 0. The highest BCUT2D eigenvalue weighted by atomic mass is 14.6. The summed E-state index contributed by atoms with van der Waals surface area (Å²) in [5.41, 5.74) is 8.12. The molecule has 0 unspecified atom stereocenters. The third-order valence-corrected chi connectivity index (χ3v) is 1.53. The first kappa shape index (κ1) is 7.61. The van der Waals surface area contributed by atoms with Crippen LogP contribution in [0.1, 0.15) is 11.1 Å². The monoisotopic (exact) mass is 145 g/mol. The highest BCUT2D eigenvalue weighted by Crippen LogP contribution is 2.14. The van der Waals surface area contributed by atoms with Gasteiger partial charge in [-0.2, -0.15) is 0 Å². The largest absolute Gasteiger partial charge is 0.399 e. The fourth-order valence-corrected chi connectivity index (χ4v) is 0.967. The standard InChI is InChI=1S/C10H11N/c1-3-9-6-4-5-7-10(9)8(2)11/h3-7H,1-2,11H2. The molecule has 0 saturated carbocycles. The molecule has 0 heterocycles. The normalized spacial score (nSPS) is 9.09. The van der Waals surface area contributed by atoms with Crippen LogP contribution in [0.4, 0.5) is 0 Å². The molecule has 56 valence electrons. The van der Waals surface area contributed by atoms with E-state index in [1.807, 2.05) is 24.3 Å². The van der Waals surface area contributed by atoms with Crippen LogP contribution in [0.2, 0.25) is 0 Å². The zero-order chi connectivity index (χ0) is 8.27.